The second-order valence-corrected chi connectivity index (χ2v) is 10.5. The fourth-order valence-corrected chi connectivity index (χ4v) is 3.64. The summed E-state index contributed by atoms with van der Waals surface area (Å²) in [6, 6.07) is 0. The molecule has 1 saturated heterocycles. The predicted octanol–water partition coefficient (Wildman–Crippen LogP) is 0.0917. The Balaban J connectivity index is 2.64. The molecule has 1 aliphatic rings. The highest BCUT2D eigenvalue weighted by molar-refractivity contribution is 8.01. The van der Waals surface area contributed by atoms with E-state index >= 15 is 0 Å². The van der Waals surface area contributed by atoms with Crippen LogP contribution in [0.3, 0.4) is 0 Å². The zero-order valence-electron chi connectivity index (χ0n) is 14.5. The molecule has 0 saturated carbocycles. The number of sulfonamides is 1. The van der Waals surface area contributed by atoms with Crippen molar-refractivity contribution in [3.05, 3.63) is 0 Å². The molecule has 1 fully saturated rings. The van der Waals surface area contributed by atoms with E-state index in [1.165, 1.54) is 0 Å². The van der Waals surface area contributed by atoms with Crippen molar-refractivity contribution in [1.29, 1.82) is 0 Å². The quantitative estimate of drug-likeness (QED) is 0.665. The maximum absolute atomic E-state index is 12.3. The third-order valence-electron chi connectivity index (χ3n) is 3.31. The van der Waals surface area contributed by atoms with Gasteiger partial charge in [-0.05, 0) is 0 Å². The molecular formula is C14H26N2O6S2. The lowest BCUT2D eigenvalue weighted by atomic mass is 10.2. The molecule has 1 N–H and O–H groups in total. The van der Waals surface area contributed by atoms with Gasteiger partial charge in [0, 0.05) is 24.4 Å². The van der Waals surface area contributed by atoms with Gasteiger partial charge >= 0.3 is 5.97 Å². The van der Waals surface area contributed by atoms with Crippen molar-refractivity contribution in [3.63, 3.8) is 0 Å². The molecule has 8 nitrogen and oxygen atoms in total. The van der Waals surface area contributed by atoms with Crippen LogP contribution in [-0.4, -0.2) is 90.3 Å². The van der Waals surface area contributed by atoms with E-state index in [4.69, 9.17) is 9.84 Å². The summed E-state index contributed by atoms with van der Waals surface area (Å²) in [4.78, 5) is 24.8. The predicted molar refractivity (Wildman–Crippen MR) is 92.6 cm³/mol. The van der Waals surface area contributed by atoms with Crippen molar-refractivity contribution in [2.45, 2.75) is 31.6 Å². The highest BCUT2D eigenvalue weighted by atomic mass is 32.2. The maximum atomic E-state index is 12.3. The first-order valence-electron chi connectivity index (χ1n) is 7.59. The van der Waals surface area contributed by atoms with E-state index in [0.717, 1.165) is 10.6 Å². The normalized spacial score (nSPS) is 19.5. The van der Waals surface area contributed by atoms with E-state index in [9.17, 15) is 18.0 Å². The van der Waals surface area contributed by atoms with Gasteiger partial charge in [-0.3, -0.25) is 9.59 Å². The number of hydrogen-bond donors (Lipinski definition) is 1. The third-order valence-corrected chi connectivity index (χ3v) is 5.78. The van der Waals surface area contributed by atoms with E-state index in [0.29, 0.717) is 18.9 Å². The summed E-state index contributed by atoms with van der Waals surface area (Å²) in [5, 5.41) is 8.85. The Labute approximate surface area is 147 Å². The van der Waals surface area contributed by atoms with Crippen molar-refractivity contribution in [2.24, 2.45) is 0 Å². The molecule has 0 aromatic carbocycles. The summed E-state index contributed by atoms with van der Waals surface area (Å²) in [5.41, 5.74) is 0. The average Bonchev–Trinajstić information content (AvgIpc) is 2.42. The van der Waals surface area contributed by atoms with E-state index in [1.54, 1.807) is 16.7 Å². The fraction of sp³-hybridized carbons (Fsp3) is 0.857. The minimum absolute atomic E-state index is 0.0179. The number of morpholine rings is 1. The van der Waals surface area contributed by atoms with E-state index in [2.05, 4.69) is 0 Å². The van der Waals surface area contributed by atoms with Crippen LogP contribution in [0.2, 0.25) is 0 Å². The lowest BCUT2D eigenvalue weighted by Gasteiger charge is -2.35. The summed E-state index contributed by atoms with van der Waals surface area (Å²) in [5.74, 6) is -0.903. The van der Waals surface area contributed by atoms with Gasteiger partial charge in [0.25, 0.3) is 0 Å². The first-order valence-corrected chi connectivity index (χ1v) is 10.4. The molecule has 1 amide bonds. The zero-order valence-corrected chi connectivity index (χ0v) is 16.2. The number of rotatable bonds is 7. The molecule has 24 heavy (non-hydrogen) atoms. The van der Waals surface area contributed by atoms with Crippen LogP contribution in [0.5, 0.6) is 0 Å². The van der Waals surface area contributed by atoms with Crippen LogP contribution >= 0.6 is 11.8 Å². The first-order chi connectivity index (χ1) is 10.9. The molecule has 1 aliphatic heterocycles. The monoisotopic (exact) mass is 382 g/mol. The summed E-state index contributed by atoms with van der Waals surface area (Å²) in [6.07, 6.45) is 0.429. The van der Waals surface area contributed by atoms with Crippen LogP contribution in [-0.2, 0) is 24.3 Å². The molecule has 1 atom stereocenters. The van der Waals surface area contributed by atoms with Crippen molar-refractivity contribution >= 4 is 33.7 Å². The van der Waals surface area contributed by atoms with Gasteiger partial charge in [-0.1, -0.05) is 20.8 Å². The van der Waals surface area contributed by atoms with Gasteiger partial charge in [0.1, 0.15) is 6.54 Å². The lowest BCUT2D eigenvalue weighted by molar-refractivity contribution is -0.139. The second-order valence-electron chi connectivity index (χ2n) is 6.68. The Morgan fingerprint density at radius 3 is 2.50 bits per heavy atom. The number of thioether (sulfide) groups is 1. The smallest absolute Gasteiger partial charge is 0.318 e. The Hall–Kier alpha value is -0.840. The van der Waals surface area contributed by atoms with E-state index < -0.39 is 28.6 Å². The molecule has 0 spiro atoms. The number of amides is 1. The van der Waals surface area contributed by atoms with Crippen LogP contribution in [0.15, 0.2) is 0 Å². The average molecular weight is 383 g/mol. The largest absolute Gasteiger partial charge is 0.480 e. The summed E-state index contributed by atoms with van der Waals surface area (Å²) in [6.45, 7) is 6.41. The van der Waals surface area contributed by atoms with Gasteiger partial charge in [-0.15, -0.1) is 11.8 Å². The molecule has 1 unspecified atom stereocenters. The summed E-state index contributed by atoms with van der Waals surface area (Å²) >= 11 is 1.55. The standard InChI is InChI=1S/C14H26N2O6S2/c1-14(2,3)23-10-12(17)15-5-6-22-11(7-15)8-16(9-13(18)19)24(4,20)21/h11H,5-10H2,1-4H3,(H,18,19). The fourth-order valence-electron chi connectivity index (χ4n) is 2.12. The number of hydrogen-bond acceptors (Lipinski definition) is 6. The molecule has 0 aliphatic carbocycles. The first kappa shape index (κ1) is 21.2. The molecule has 0 radical (unpaired) electrons. The van der Waals surface area contributed by atoms with Crippen LogP contribution in [0.25, 0.3) is 0 Å². The highest BCUT2D eigenvalue weighted by Gasteiger charge is 2.30. The Bertz CT molecular complexity index is 558. The number of carboxylic acid groups (broad SMARTS) is 1. The number of carbonyl (C=O) groups excluding carboxylic acids is 1. The van der Waals surface area contributed by atoms with Crippen molar-refractivity contribution in [2.75, 3.05) is 44.8 Å². The van der Waals surface area contributed by atoms with Crippen LogP contribution < -0.4 is 0 Å². The van der Waals surface area contributed by atoms with Crippen molar-refractivity contribution in [1.82, 2.24) is 9.21 Å². The molecule has 0 bridgehead atoms. The highest BCUT2D eigenvalue weighted by Crippen LogP contribution is 2.23. The minimum atomic E-state index is -3.66. The summed E-state index contributed by atoms with van der Waals surface area (Å²) in [7, 11) is -3.66. The number of aliphatic carboxylic acids is 1. The minimum Gasteiger partial charge on any atom is -0.480 e. The molecule has 1 heterocycles. The zero-order chi connectivity index (χ0) is 18.5. The van der Waals surface area contributed by atoms with E-state index in [1.807, 2.05) is 20.8 Å². The number of ether oxygens (including phenoxy) is 1. The van der Waals surface area contributed by atoms with Gasteiger partial charge in [0.05, 0.1) is 24.7 Å². The van der Waals surface area contributed by atoms with Crippen molar-refractivity contribution < 1.29 is 27.9 Å². The summed E-state index contributed by atoms with van der Waals surface area (Å²) < 4.78 is 29.7. The van der Waals surface area contributed by atoms with Crippen LogP contribution in [0.4, 0.5) is 0 Å². The van der Waals surface area contributed by atoms with Gasteiger partial charge in [0.15, 0.2) is 0 Å². The van der Waals surface area contributed by atoms with Crippen LogP contribution in [0.1, 0.15) is 20.8 Å². The molecule has 0 aromatic rings. The number of nitrogens with zero attached hydrogens (tertiary/aromatic N) is 2. The topological polar surface area (TPSA) is 104 Å². The second kappa shape index (κ2) is 8.50. The van der Waals surface area contributed by atoms with Gasteiger partial charge in [-0.2, -0.15) is 4.31 Å². The van der Waals surface area contributed by atoms with Gasteiger partial charge in [-0.25, -0.2) is 8.42 Å². The molecule has 1 rings (SSSR count). The van der Waals surface area contributed by atoms with E-state index in [-0.39, 0.29) is 23.7 Å². The lowest BCUT2D eigenvalue weighted by Crippen LogP contribution is -2.51. The third kappa shape index (κ3) is 7.82. The van der Waals surface area contributed by atoms with Crippen molar-refractivity contribution in [3.8, 4) is 0 Å². The Morgan fingerprint density at radius 1 is 1.38 bits per heavy atom. The maximum Gasteiger partial charge on any atom is 0.318 e. The SMILES string of the molecule is CC(C)(C)SCC(=O)N1CCOC(CN(CC(=O)O)S(C)(=O)=O)C1. The molecule has 10 heteroatoms. The van der Waals surface area contributed by atoms with Gasteiger partial charge < -0.3 is 14.7 Å². The molecule has 0 aromatic heterocycles. The molecular weight excluding hydrogens is 356 g/mol. The Kier molecular flexibility index (Phi) is 7.51. The molecule has 140 valence electrons. The van der Waals surface area contributed by atoms with Gasteiger partial charge in [0.2, 0.25) is 15.9 Å². The number of carbonyl (C=O) groups is 2. The number of carboxylic acids is 1. The van der Waals surface area contributed by atoms with Crippen LogP contribution in [0, 0.1) is 0 Å². The Morgan fingerprint density at radius 2 is 2.00 bits per heavy atom.